The van der Waals surface area contributed by atoms with Gasteiger partial charge in [-0.05, 0) is 71.0 Å². The van der Waals surface area contributed by atoms with Crippen LogP contribution in [0.5, 0.6) is 0 Å². The Bertz CT molecular complexity index is 1710. The van der Waals surface area contributed by atoms with E-state index in [4.69, 9.17) is 9.84 Å². The van der Waals surface area contributed by atoms with Gasteiger partial charge in [0.05, 0.1) is 0 Å². The van der Waals surface area contributed by atoms with Crippen molar-refractivity contribution in [3.8, 4) is 16.8 Å². The molecule has 0 radical (unpaired) electrons. The van der Waals surface area contributed by atoms with Crippen molar-refractivity contribution in [1.82, 2.24) is 9.78 Å². The third kappa shape index (κ3) is 4.90. The largest absolute Gasteiger partial charge is 0.673 e. The van der Waals surface area contributed by atoms with E-state index in [2.05, 4.69) is 109 Å². The van der Waals surface area contributed by atoms with Crippen LogP contribution in [0.4, 0.5) is 17.3 Å². The van der Waals surface area contributed by atoms with Gasteiger partial charge in [0.2, 0.25) is 6.33 Å². The Labute approximate surface area is 230 Å². The van der Waals surface area contributed by atoms with Crippen molar-refractivity contribution in [1.29, 1.82) is 0 Å². The lowest BCUT2D eigenvalue weighted by atomic mass is 9.95. The van der Waals surface area contributed by atoms with Gasteiger partial charge in [0.1, 0.15) is 24.4 Å². The lowest BCUT2D eigenvalue weighted by Crippen LogP contribution is -2.51. The van der Waals surface area contributed by atoms with Gasteiger partial charge in [-0.1, -0.05) is 77.0 Å². The van der Waals surface area contributed by atoms with Crippen molar-refractivity contribution >= 4 is 18.0 Å². The molecule has 0 N–H and O–H groups in total. The Kier molecular flexibility index (Phi) is 6.49. The molecule has 2 aliphatic rings. The van der Waals surface area contributed by atoms with Crippen LogP contribution in [0.15, 0.2) is 79.1 Å². The van der Waals surface area contributed by atoms with E-state index in [1.165, 1.54) is 49.7 Å². The topological polar surface area (TPSA) is 30.9 Å². The molecule has 9 heteroatoms. The Hall–Kier alpha value is -3.98. The monoisotopic (exact) mass is 545 g/mol. The molecular weight excluding hydrogens is 517 g/mol. The molecule has 1 aliphatic carbocycles. The first-order valence-corrected chi connectivity index (χ1v) is 13.2. The molecule has 0 spiro atoms. The smallest absolute Gasteiger partial charge is 0.418 e. The number of hydrogen-bond donors (Lipinski definition) is 0. The molecule has 1 aromatic heterocycles. The second kappa shape index (κ2) is 9.89. The number of nitrogens with zero attached hydrogens (tertiary/aromatic N) is 3. The molecule has 1 aliphatic heterocycles. The maximum atomic E-state index is 9.75. The summed E-state index contributed by atoms with van der Waals surface area (Å²) >= 11 is 0. The summed E-state index contributed by atoms with van der Waals surface area (Å²) in [5.41, 5.74) is 10.2. The van der Waals surface area contributed by atoms with Gasteiger partial charge in [-0.3, -0.25) is 0 Å². The zero-order chi connectivity index (χ0) is 28.2. The van der Waals surface area contributed by atoms with Gasteiger partial charge < -0.3 is 22.0 Å². The maximum absolute atomic E-state index is 9.75. The number of halogens is 4. The summed E-state index contributed by atoms with van der Waals surface area (Å²) in [4.78, 5) is 0. The molecule has 2 heterocycles. The number of aryl methyl sites for hydroxylation is 3. The first-order chi connectivity index (χ1) is 19.1. The van der Waals surface area contributed by atoms with E-state index in [0.29, 0.717) is 6.61 Å². The van der Waals surface area contributed by atoms with E-state index < -0.39 is 7.25 Å². The first kappa shape index (κ1) is 26.3. The van der Waals surface area contributed by atoms with E-state index in [0.717, 1.165) is 17.9 Å². The molecule has 7 rings (SSSR count). The van der Waals surface area contributed by atoms with Crippen LogP contribution in [0.25, 0.3) is 27.6 Å². The van der Waals surface area contributed by atoms with Crippen molar-refractivity contribution in [3.05, 3.63) is 113 Å². The van der Waals surface area contributed by atoms with Crippen molar-refractivity contribution in [2.45, 2.75) is 45.9 Å². The highest BCUT2D eigenvalue weighted by Gasteiger charge is 2.43. The standard InChI is InChI=1S/C31H28N3O.BF4/c1-19-13-20(2)30(21(3)14-19)34-18-33-29(32-34)17-35-28-16-24-12-11-23(15-27(24)31(28)33)26-10-6-8-22-7-4-5-9-25(22)26;2-1(3,4)5/h4-15,18,28,31H,16-17H2,1-3H3;/q+1;-1/t28-,31+;/m1./s1. The van der Waals surface area contributed by atoms with Gasteiger partial charge in [0.25, 0.3) is 0 Å². The predicted octanol–water partition coefficient (Wildman–Crippen LogP) is 7.25. The minimum Gasteiger partial charge on any atom is -0.418 e. The number of fused-ring (bicyclic) bond motifs is 6. The molecule has 0 bridgehead atoms. The van der Waals surface area contributed by atoms with E-state index in [1.54, 1.807) is 0 Å². The van der Waals surface area contributed by atoms with Crippen LogP contribution in [0, 0.1) is 20.8 Å². The quantitative estimate of drug-likeness (QED) is 0.133. The summed E-state index contributed by atoms with van der Waals surface area (Å²) in [6.45, 7) is 7.03. The Morgan fingerprint density at radius 2 is 1.60 bits per heavy atom. The first-order valence-electron chi connectivity index (χ1n) is 13.2. The fourth-order valence-electron chi connectivity index (χ4n) is 6.25. The molecule has 2 atom stereocenters. The van der Waals surface area contributed by atoms with Crippen LogP contribution in [0.1, 0.15) is 39.7 Å². The fourth-order valence-corrected chi connectivity index (χ4v) is 6.25. The maximum Gasteiger partial charge on any atom is 0.673 e. The van der Waals surface area contributed by atoms with Crippen LogP contribution in [-0.2, 0) is 17.8 Å². The summed E-state index contributed by atoms with van der Waals surface area (Å²) in [6.07, 6.45) is 3.26. The van der Waals surface area contributed by atoms with Crippen molar-refractivity contribution < 1.29 is 26.6 Å². The predicted molar refractivity (Wildman–Crippen MR) is 148 cm³/mol. The van der Waals surface area contributed by atoms with E-state index in [-0.39, 0.29) is 12.1 Å². The molecule has 0 saturated carbocycles. The Morgan fingerprint density at radius 3 is 2.35 bits per heavy atom. The van der Waals surface area contributed by atoms with E-state index >= 15 is 0 Å². The lowest BCUT2D eigenvalue weighted by molar-refractivity contribution is -0.739. The van der Waals surface area contributed by atoms with Gasteiger partial charge in [0.15, 0.2) is 0 Å². The molecule has 0 unspecified atom stereocenters. The van der Waals surface area contributed by atoms with Crippen LogP contribution in [0.2, 0.25) is 0 Å². The zero-order valence-corrected chi connectivity index (χ0v) is 22.4. The van der Waals surface area contributed by atoms with Crippen molar-refractivity contribution in [3.63, 3.8) is 0 Å². The molecule has 0 amide bonds. The number of benzene rings is 4. The van der Waals surface area contributed by atoms with E-state index in [9.17, 15) is 17.3 Å². The number of ether oxygens (including phenoxy) is 1. The van der Waals surface area contributed by atoms with Gasteiger partial charge >= 0.3 is 13.1 Å². The fraction of sp³-hybridized carbons (Fsp3) is 0.226. The molecule has 0 saturated heterocycles. The molecular formula is C31H28BF4N3O. The van der Waals surface area contributed by atoms with Gasteiger partial charge in [-0.25, -0.2) is 4.57 Å². The van der Waals surface area contributed by atoms with Gasteiger partial charge in [-0.2, -0.15) is 0 Å². The molecule has 204 valence electrons. The third-order valence-corrected chi connectivity index (χ3v) is 7.68. The summed E-state index contributed by atoms with van der Waals surface area (Å²) < 4.78 is 49.8. The summed E-state index contributed by atoms with van der Waals surface area (Å²) in [6, 6.07) is 26.7. The number of aromatic nitrogens is 3. The number of hydrogen-bond acceptors (Lipinski definition) is 2. The summed E-state index contributed by atoms with van der Waals surface area (Å²) in [5.74, 6) is 0.981. The van der Waals surface area contributed by atoms with Crippen LogP contribution in [-0.4, -0.2) is 23.1 Å². The minimum absolute atomic E-state index is 0.142. The highest BCUT2D eigenvalue weighted by atomic mass is 19.5. The summed E-state index contributed by atoms with van der Waals surface area (Å²) in [5, 5.41) is 7.54. The normalized spacial score (nSPS) is 17.6. The molecule has 0 fully saturated rings. The Balaban J connectivity index is 0.000000534. The van der Waals surface area contributed by atoms with Gasteiger partial charge in [-0.15, -0.1) is 0 Å². The second-order valence-corrected chi connectivity index (χ2v) is 10.6. The molecule has 5 aromatic rings. The highest BCUT2D eigenvalue weighted by Crippen LogP contribution is 2.39. The van der Waals surface area contributed by atoms with E-state index in [1.807, 2.05) is 0 Å². The Morgan fingerprint density at radius 1 is 0.900 bits per heavy atom. The molecule has 40 heavy (non-hydrogen) atoms. The van der Waals surface area contributed by atoms with Crippen LogP contribution >= 0.6 is 0 Å². The van der Waals surface area contributed by atoms with Gasteiger partial charge in [0, 0.05) is 11.5 Å². The summed E-state index contributed by atoms with van der Waals surface area (Å²) in [7, 11) is -6.00. The molecule has 4 aromatic carbocycles. The van der Waals surface area contributed by atoms with Crippen LogP contribution < -0.4 is 4.57 Å². The highest BCUT2D eigenvalue weighted by molar-refractivity contribution is 6.50. The SMILES string of the molecule is Cc1cc(C)c(-n2c[n+]3c(n2)CO[C@@H]2Cc4ccc(-c5cccc6ccccc56)cc4[C@@H]23)c(C)c1.F[B-](F)(F)F. The zero-order valence-electron chi connectivity index (χ0n) is 22.4. The van der Waals surface area contributed by atoms with Crippen LogP contribution in [0.3, 0.4) is 0 Å². The number of rotatable bonds is 2. The average Bonchev–Trinajstić information content (AvgIpc) is 3.47. The lowest BCUT2D eigenvalue weighted by Gasteiger charge is -2.23. The average molecular weight is 545 g/mol. The minimum atomic E-state index is -6.00. The second-order valence-electron chi connectivity index (χ2n) is 10.6. The van der Waals surface area contributed by atoms with Crippen molar-refractivity contribution in [2.75, 3.05) is 0 Å². The third-order valence-electron chi connectivity index (χ3n) is 7.68. The molecule has 4 nitrogen and oxygen atoms in total. The van der Waals surface area contributed by atoms with Crippen molar-refractivity contribution in [2.24, 2.45) is 0 Å².